The van der Waals surface area contributed by atoms with Crippen molar-refractivity contribution in [1.82, 2.24) is 0 Å². The molecule has 2 nitrogen and oxygen atoms in total. The largest absolute Gasteiger partial charge is 0.367 e. The van der Waals surface area contributed by atoms with Crippen LogP contribution in [0, 0.1) is 0 Å². The van der Waals surface area contributed by atoms with Crippen molar-refractivity contribution in [3.63, 3.8) is 0 Å². The summed E-state index contributed by atoms with van der Waals surface area (Å²) >= 11 is 0. The van der Waals surface area contributed by atoms with Gasteiger partial charge in [0.15, 0.2) is 0 Å². The lowest BCUT2D eigenvalue weighted by atomic mass is 9.94. The molecule has 1 saturated carbocycles. The Balaban J connectivity index is 2.56. The van der Waals surface area contributed by atoms with E-state index in [0.717, 1.165) is 25.7 Å². The number of alkyl halides is 4. The summed E-state index contributed by atoms with van der Waals surface area (Å²) in [6, 6.07) is 0. The predicted octanol–water partition coefficient (Wildman–Crippen LogP) is 2.96. The summed E-state index contributed by atoms with van der Waals surface area (Å²) < 4.78 is 54.7. The van der Waals surface area contributed by atoms with E-state index in [1.807, 2.05) is 0 Å². The van der Waals surface area contributed by atoms with E-state index in [1.165, 1.54) is 0 Å². The van der Waals surface area contributed by atoms with Crippen LogP contribution in [0.25, 0.3) is 0 Å². The maximum Gasteiger partial charge on any atom is 0.330 e. The Morgan fingerprint density at radius 3 is 2.06 bits per heavy atom. The second kappa shape index (κ2) is 6.00. The van der Waals surface area contributed by atoms with Crippen LogP contribution in [0.3, 0.4) is 0 Å². The smallest absolute Gasteiger partial charge is 0.330 e. The van der Waals surface area contributed by atoms with Crippen molar-refractivity contribution in [2.24, 2.45) is 5.73 Å². The van der Waals surface area contributed by atoms with Gasteiger partial charge in [0.1, 0.15) is 6.61 Å². The fraction of sp³-hybridized carbons (Fsp3) is 1.00. The monoisotopic (exact) mass is 257 g/mol. The van der Waals surface area contributed by atoms with Crippen LogP contribution >= 0.6 is 0 Å². The van der Waals surface area contributed by atoms with Gasteiger partial charge in [0, 0.05) is 6.54 Å². The molecule has 1 aliphatic rings. The average Bonchev–Trinajstić information content (AvgIpc) is 2.52. The Morgan fingerprint density at radius 1 is 1.12 bits per heavy atom. The molecule has 0 radical (unpaired) electrons. The first-order chi connectivity index (χ1) is 7.92. The van der Waals surface area contributed by atoms with E-state index in [-0.39, 0.29) is 6.54 Å². The number of hydrogen-bond donors (Lipinski definition) is 1. The van der Waals surface area contributed by atoms with Crippen LogP contribution in [0.15, 0.2) is 0 Å². The topological polar surface area (TPSA) is 35.2 Å². The van der Waals surface area contributed by atoms with Gasteiger partial charge in [-0.15, -0.1) is 0 Å². The average molecular weight is 257 g/mol. The van der Waals surface area contributed by atoms with Crippen LogP contribution in [0.4, 0.5) is 17.6 Å². The Morgan fingerprint density at radius 2 is 1.65 bits per heavy atom. The van der Waals surface area contributed by atoms with Gasteiger partial charge in [0.2, 0.25) is 0 Å². The number of rotatable bonds is 5. The summed E-state index contributed by atoms with van der Waals surface area (Å²) in [7, 11) is 0. The fourth-order valence-electron chi connectivity index (χ4n) is 2.09. The summed E-state index contributed by atoms with van der Waals surface area (Å²) in [5.41, 5.74) is 4.72. The molecule has 1 fully saturated rings. The molecule has 0 bridgehead atoms. The van der Waals surface area contributed by atoms with Gasteiger partial charge in [-0.3, -0.25) is 0 Å². The molecule has 0 saturated heterocycles. The lowest BCUT2D eigenvalue weighted by Crippen LogP contribution is -2.45. The SMILES string of the molecule is NCC1(OCC(F)(F)C(F)F)CCCCCC1. The molecule has 0 aromatic rings. The first-order valence-electron chi connectivity index (χ1n) is 5.92. The van der Waals surface area contributed by atoms with Gasteiger partial charge in [0.05, 0.1) is 5.60 Å². The van der Waals surface area contributed by atoms with Gasteiger partial charge in [-0.1, -0.05) is 25.7 Å². The van der Waals surface area contributed by atoms with Gasteiger partial charge in [-0.2, -0.15) is 8.78 Å². The Hall–Kier alpha value is -0.360. The maximum absolute atomic E-state index is 12.8. The first-order valence-corrected chi connectivity index (χ1v) is 5.92. The molecule has 0 aromatic heterocycles. The molecular formula is C11H19F4NO. The van der Waals surface area contributed by atoms with Crippen molar-refractivity contribution in [2.75, 3.05) is 13.2 Å². The van der Waals surface area contributed by atoms with Crippen molar-refractivity contribution in [3.8, 4) is 0 Å². The van der Waals surface area contributed by atoms with E-state index in [1.54, 1.807) is 0 Å². The van der Waals surface area contributed by atoms with Gasteiger partial charge in [-0.05, 0) is 12.8 Å². The number of nitrogens with two attached hydrogens (primary N) is 1. The summed E-state index contributed by atoms with van der Waals surface area (Å²) in [5, 5.41) is 0. The third kappa shape index (κ3) is 4.10. The maximum atomic E-state index is 12.8. The fourth-order valence-corrected chi connectivity index (χ4v) is 2.09. The van der Waals surface area contributed by atoms with Crippen molar-refractivity contribution >= 4 is 0 Å². The van der Waals surface area contributed by atoms with Crippen LogP contribution < -0.4 is 5.73 Å². The van der Waals surface area contributed by atoms with Crippen LogP contribution in [0.2, 0.25) is 0 Å². The quantitative estimate of drug-likeness (QED) is 0.607. The van der Waals surface area contributed by atoms with Gasteiger partial charge < -0.3 is 10.5 Å². The first kappa shape index (κ1) is 14.7. The van der Waals surface area contributed by atoms with E-state index < -0.39 is 24.6 Å². The molecule has 0 amide bonds. The van der Waals surface area contributed by atoms with E-state index in [0.29, 0.717) is 12.8 Å². The molecular weight excluding hydrogens is 238 g/mol. The summed E-state index contributed by atoms with van der Waals surface area (Å²) in [6.45, 7) is -1.14. The Bertz CT molecular complexity index is 228. The Kier molecular flexibility index (Phi) is 5.19. The third-order valence-corrected chi connectivity index (χ3v) is 3.28. The zero-order valence-electron chi connectivity index (χ0n) is 9.73. The minimum absolute atomic E-state index is 0.103. The third-order valence-electron chi connectivity index (χ3n) is 3.28. The van der Waals surface area contributed by atoms with Crippen LogP contribution in [-0.4, -0.2) is 31.1 Å². The zero-order chi connectivity index (χ0) is 12.9. The van der Waals surface area contributed by atoms with Crippen molar-refractivity contribution in [1.29, 1.82) is 0 Å². The van der Waals surface area contributed by atoms with Crippen molar-refractivity contribution in [3.05, 3.63) is 0 Å². The molecule has 1 rings (SSSR count). The van der Waals surface area contributed by atoms with Crippen molar-refractivity contribution in [2.45, 2.75) is 56.5 Å². The molecule has 0 atom stereocenters. The zero-order valence-corrected chi connectivity index (χ0v) is 9.73. The molecule has 2 N–H and O–H groups in total. The van der Waals surface area contributed by atoms with Gasteiger partial charge in [-0.25, -0.2) is 8.78 Å². The molecule has 0 spiro atoms. The number of hydrogen-bond acceptors (Lipinski definition) is 2. The highest BCUT2D eigenvalue weighted by molar-refractivity contribution is 4.85. The van der Waals surface area contributed by atoms with E-state index in [4.69, 9.17) is 10.5 Å². The van der Waals surface area contributed by atoms with E-state index in [9.17, 15) is 17.6 Å². The molecule has 0 unspecified atom stereocenters. The van der Waals surface area contributed by atoms with Gasteiger partial charge in [0.25, 0.3) is 0 Å². The standard InChI is InChI=1S/C11H19F4NO/c12-9(13)11(14,15)8-17-10(7-16)5-3-1-2-4-6-10/h9H,1-8,16H2. The molecule has 1 aliphatic carbocycles. The molecule has 102 valence electrons. The van der Waals surface area contributed by atoms with Gasteiger partial charge >= 0.3 is 12.3 Å². The molecule has 6 heteroatoms. The molecule has 0 aromatic carbocycles. The van der Waals surface area contributed by atoms with Crippen LogP contribution in [-0.2, 0) is 4.74 Å². The highest BCUT2D eigenvalue weighted by Gasteiger charge is 2.44. The number of ether oxygens (including phenoxy) is 1. The second-order valence-electron chi connectivity index (χ2n) is 4.65. The summed E-state index contributed by atoms with van der Waals surface area (Å²) in [4.78, 5) is 0. The number of halogens is 4. The van der Waals surface area contributed by atoms with Crippen LogP contribution in [0.1, 0.15) is 38.5 Å². The molecule has 17 heavy (non-hydrogen) atoms. The molecule has 0 heterocycles. The van der Waals surface area contributed by atoms with Crippen LogP contribution in [0.5, 0.6) is 0 Å². The highest BCUT2D eigenvalue weighted by atomic mass is 19.3. The lowest BCUT2D eigenvalue weighted by Gasteiger charge is -2.33. The summed E-state index contributed by atoms with van der Waals surface area (Å²) in [6.07, 6.45) is 1.16. The predicted molar refractivity (Wildman–Crippen MR) is 56.4 cm³/mol. The lowest BCUT2D eigenvalue weighted by molar-refractivity contribution is -0.195. The Labute approximate surface area is 98.5 Å². The van der Waals surface area contributed by atoms with Crippen molar-refractivity contribution < 1.29 is 22.3 Å². The highest BCUT2D eigenvalue weighted by Crippen LogP contribution is 2.32. The second-order valence-corrected chi connectivity index (χ2v) is 4.65. The minimum Gasteiger partial charge on any atom is -0.367 e. The van der Waals surface area contributed by atoms with E-state index in [2.05, 4.69) is 0 Å². The molecule has 0 aliphatic heterocycles. The minimum atomic E-state index is -4.09. The normalized spacial score (nSPS) is 21.5. The van der Waals surface area contributed by atoms with E-state index >= 15 is 0 Å². The summed E-state index contributed by atoms with van der Waals surface area (Å²) in [5.74, 6) is -4.09.